The Labute approximate surface area is 98.7 Å². The second-order valence-electron chi connectivity index (χ2n) is 3.12. The molecular formula is C9H17N3O5. The minimum absolute atomic E-state index is 0.141. The second-order valence-corrected chi connectivity index (χ2v) is 3.12. The van der Waals surface area contributed by atoms with Gasteiger partial charge in [0.2, 0.25) is 5.91 Å². The Bertz CT molecular complexity index is 282. The molecule has 0 spiro atoms. The molecule has 1 atom stereocenters. The van der Waals surface area contributed by atoms with E-state index in [2.05, 4.69) is 20.7 Å². The number of carbonyl (C=O) groups is 3. The van der Waals surface area contributed by atoms with E-state index in [0.717, 1.165) is 0 Å². The zero-order valence-electron chi connectivity index (χ0n) is 9.78. The van der Waals surface area contributed by atoms with Gasteiger partial charge in [-0.2, -0.15) is 0 Å². The lowest BCUT2D eigenvalue weighted by Crippen LogP contribution is -2.43. The molecule has 0 radical (unpaired) electrons. The van der Waals surface area contributed by atoms with Crippen LogP contribution in [0.5, 0.6) is 0 Å². The Morgan fingerprint density at radius 3 is 2.41 bits per heavy atom. The van der Waals surface area contributed by atoms with Crippen LogP contribution in [-0.2, 0) is 14.3 Å². The van der Waals surface area contributed by atoms with Crippen LogP contribution in [0, 0.1) is 0 Å². The molecule has 1 unspecified atom stereocenters. The first-order valence-corrected chi connectivity index (χ1v) is 4.99. The van der Waals surface area contributed by atoms with Gasteiger partial charge >= 0.3 is 12.0 Å². The van der Waals surface area contributed by atoms with Crippen LogP contribution in [0.3, 0.4) is 0 Å². The molecule has 0 aliphatic carbocycles. The summed E-state index contributed by atoms with van der Waals surface area (Å²) in [6.45, 7) is 0.0356. The molecule has 8 nitrogen and oxygen atoms in total. The topological polar surface area (TPSA) is 117 Å². The molecule has 0 saturated heterocycles. The molecule has 0 bridgehead atoms. The largest absolute Gasteiger partial charge is 0.479 e. The lowest BCUT2D eigenvalue weighted by Gasteiger charge is -2.12. The standard InChI is InChI=1S/C9H17N3O5/c1-10-7(13)3-4-11-9(16)12-5-6(17-2)8(14)15/h6H,3-5H2,1-2H3,(H,10,13)(H,14,15)(H2,11,12,16). The molecule has 0 aliphatic heterocycles. The monoisotopic (exact) mass is 247 g/mol. The lowest BCUT2D eigenvalue weighted by molar-refractivity contribution is -0.148. The fourth-order valence-electron chi connectivity index (χ4n) is 0.934. The van der Waals surface area contributed by atoms with Crippen LogP contribution in [0.25, 0.3) is 0 Å². The van der Waals surface area contributed by atoms with Gasteiger partial charge in [-0.3, -0.25) is 4.79 Å². The zero-order chi connectivity index (χ0) is 13.3. The van der Waals surface area contributed by atoms with Crippen molar-refractivity contribution in [3.05, 3.63) is 0 Å². The first-order chi connectivity index (χ1) is 8.01. The predicted octanol–water partition coefficient (Wildman–Crippen LogP) is -1.48. The van der Waals surface area contributed by atoms with Crippen molar-refractivity contribution < 1.29 is 24.2 Å². The van der Waals surface area contributed by atoms with E-state index >= 15 is 0 Å². The first kappa shape index (κ1) is 15.2. The van der Waals surface area contributed by atoms with Crippen molar-refractivity contribution in [3.8, 4) is 0 Å². The fraction of sp³-hybridized carbons (Fsp3) is 0.667. The van der Waals surface area contributed by atoms with Gasteiger partial charge < -0.3 is 25.8 Å². The van der Waals surface area contributed by atoms with Crippen LogP contribution < -0.4 is 16.0 Å². The van der Waals surface area contributed by atoms with Gasteiger partial charge in [-0.15, -0.1) is 0 Å². The SMILES string of the molecule is CNC(=O)CCNC(=O)NCC(OC)C(=O)O. The summed E-state index contributed by atoms with van der Waals surface area (Å²) in [6, 6.07) is -0.544. The molecule has 0 aromatic carbocycles. The molecule has 0 aliphatic rings. The summed E-state index contributed by atoms with van der Waals surface area (Å²) in [7, 11) is 2.74. The van der Waals surface area contributed by atoms with Crippen molar-refractivity contribution in [2.75, 3.05) is 27.2 Å². The fourth-order valence-corrected chi connectivity index (χ4v) is 0.934. The van der Waals surface area contributed by atoms with E-state index < -0.39 is 18.1 Å². The van der Waals surface area contributed by atoms with E-state index in [0.29, 0.717) is 0 Å². The summed E-state index contributed by atoms with van der Waals surface area (Å²) in [5, 5.41) is 15.7. The van der Waals surface area contributed by atoms with Crippen molar-refractivity contribution in [1.82, 2.24) is 16.0 Å². The molecular weight excluding hydrogens is 230 g/mol. The molecule has 8 heteroatoms. The maximum absolute atomic E-state index is 11.2. The Morgan fingerprint density at radius 2 is 1.94 bits per heavy atom. The molecule has 0 fully saturated rings. The molecule has 0 aromatic heterocycles. The van der Waals surface area contributed by atoms with Crippen molar-refractivity contribution in [3.63, 3.8) is 0 Å². The number of rotatable bonds is 7. The van der Waals surface area contributed by atoms with Crippen molar-refractivity contribution >= 4 is 17.9 Å². The van der Waals surface area contributed by atoms with Crippen LogP contribution in [0.15, 0.2) is 0 Å². The number of amides is 3. The normalized spacial score (nSPS) is 11.4. The van der Waals surface area contributed by atoms with E-state index in [-0.39, 0.29) is 25.4 Å². The Kier molecular flexibility index (Phi) is 7.44. The highest BCUT2D eigenvalue weighted by Gasteiger charge is 2.16. The van der Waals surface area contributed by atoms with Gasteiger partial charge in [0.25, 0.3) is 0 Å². The quantitative estimate of drug-likeness (QED) is 0.438. The first-order valence-electron chi connectivity index (χ1n) is 4.99. The lowest BCUT2D eigenvalue weighted by atomic mass is 10.3. The molecule has 0 rings (SSSR count). The number of nitrogens with one attached hydrogen (secondary N) is 3. The number of aliphatic carboxylic acids is 1. The number of carboxylic acids is 1. The average molecular weight is 247 g/mol. The molecule has 0 aromatic rings. The Balaban J connectivity index is 3.72. The average Bonchev–Trinajstić information content (AvgIpc) is 2.29. The molecule has 4 N–H and O–H groups in total. The minimum Gasteiger partial charge on any atom is -0.479 e. The van der Waals surface area contributed by atoms with Crippen LogP contribution >= 0.6 is 0 Å². The number of methoxy groups -OCH3 is 1. The predicted molar refractivity (Wildman–Crippen MR) is 58.5 cm³/mol. The van der Waals surface area contributed by atoms with Gasteiger partial charge in [0.15, 0.2) is 6.10 Å². The van der Waals surface area contributed by atoms with E-state index in [1.54, 1.807) is 0 Å². The number of hydrogen-bond donors (Lipinski definition) is 4. The van der Waals surface area contributed by atoms with Crippen LogP contribution in [0.4, 0.5) is 4.79 Å². The van der Waals surface area contributed by atoms with Crippen LogP contribution in [-0.4, -0.2) is 56.4 Å². The van der Waals surface area contributed by atoms with Gasteiger partial charge in [0.1, 0.15) is 0 Å². The van der Waals surface area contributed by atoms with Crippen LogP contribution in [0.1, 0.15) is 6.42 Å². The van der Waals surface area contributed by atoms with E-state index in [1.165, 1.54) is 14.2 Å². The number of hydrogen-bond acceptors (Lipinski definition) is 4. The van der Waals surface area contributed by atoms with Crippen molar-refractivity contribution in [1.29, 1.82) is 0 Å². The number of ether oxygens (including phenoxy) is 1. The number of carboxylic acid groups (broad SMARTS) is 1. The van der Waals surface area contributed by atoms with Crippen molar-refractivity contribution in [2.45, 2.75) is 12.5 Å². The summed E-state index contributed by atoms with van der Waals surface area (Å²) in [5.41, 5.74) is 0. The summed E-state index contributed by atoms with van der Waals surface area (Å²) in [4.78, 5) is 32.5. The third-order valence-electron chi connectivity index (χ3n) is 1.92. The smallest absolute Gasteiger partial charge is 0.334 e. The number of carbonyl (C=O) groups excluding carboxylic acids is 2. The molecule has 0 heterocycles. The molecule has 98 valence electrons. The highest BCUT2D eigenvalue weighted by molar-refractivity contribution is 5.78. The molecule has 0 saturated carbocycles. The highest BCUT2D eigenvalue weighted by atomic mass is 16.5. The molecule has 3 amide bonds. The number of urea groups is 1. The minimum atomic E-state index is -1.15. The van der Waals surface area contributed by atoms with Gasteiger partial charge in [0.05, 0.1) is 6.54 Å². The summed E-state index contributed by atoms with van der Waals surface area (Å²) >= 11 is 0. The van der Waals surface area contributed by atoms with Crippen molar-refractivity contribution in [2.24, 2.45) is 0 Å². The third kappa shape index (κ3) is 7.12. The summed E-state index contributed by atoms with van der Waals surface area (Å²) in [6.07, 6.45) is -0.920. The maximum Gasteiger partial charge on any atom is 0.334 e. The highest BCUT2D eigenvalue weighted by Crippen LogP contribution is 1.87. The van der Waals surface area contributed by atoms with E-state index in [4.69, 9.17) is 5.11 Å². The van der Waals surface area contributed by atoms with E-state index in [1.807, 2.05) is 0 Å². The second kappa shape index (κ2) is 8.34. The third-order valence-corrected chi connectivity index (χ3v) is 1.92. The Hall–Kier alpha value is -1.83. The van der Waals surface area contributed by atoms with Gasteiger partial charge in [-0.1, -0.05) is 0 Å². The zero-order valence-corrected chi connectivity index (χ0v) is 9.78. The maximum atomic E-state index is 11.2. The van der Waals surface area contributed by atoms with Gasteiger partial charge in [-0.25, -0.2) is 9.59 Å². The molecule has 17 heavy (non-hydrogen) atoms. The van der Waals surface area contributed by atoms with Gasteiger partial charge in [-0.05, 0) is 0 Å². The summed E-state index contributed by atoms with van der Waals surface area (Å²) in [5.74, 6) is -1.34. The Morgan fingerprint density at radius 1 is 1.29 bits per heavy atom. The van der Waals surface area contributed by atoms with E-state index in [9.17, 15) is 14.4 Å². The summed E-state index contributed by atoms with van der Waals surface area (Å²) < 4.78 is 4.62. The van der Waals surface area contributed by atoms with Crippen LogP contribution in [0.2, 0.25) is 0 Å². The van der Waals surface area contributed by atoms with Gasteiger partial charge in [0, 0.05) is 27.1 Å².